The Labute approximate surface area is 98.0 Å². The molecule has 0 N–H and O–H groups in total. The van der Waals surface area contributed by atoms with Crippen LogP contribution in [0, 0.1) is 5.41 Å². The quantitative estimate of drug-likeness (QED) is 0.745. The van der Waals surface area contributed by atoms with E-state index in [1.165, 1.54) is 45.3 Å². The maximum Gasteiger partial charge on any atom is 0.229 e. The van der Waals surface area contributed by atoms with Gasteiger partial charge in [0.05, 0.1) is 6.61 Å². The largest absolute Gasteiger partial charge is 0.384 e. The minimum Gasteiger partial charge on any atom is -0.384 e. The number of rotatable bonds is 4. The summed E-state index contributed by atoms with van der Waals surface area (Å²) in [7, 11) is 1.82. The van der Waals surface area contributed by atoms with Crippen LogP contribution in [-0.2, 0) is 4.74 Å². The number of halogens is 2. The van der Waals surface area contributed by atoms with E-state index in [0.29, 0.717) is 5.41 Å². The molecule has 1 aliphatic heterocycles. The third-order valence-electron chi connectivity index (χ3n) is 3.17. The van der Waals surface area contributed by atoms with Gasteiger partial charge in [0.25, 0.3) is 0 Å². The highest BCUT2D eigenvalue weighted by molar-refractivity contribution is 4.96. The second-order valence-electron chi connectivity index (χ2n) is 4.52. The number of alkyl halides is 2. The first-order valence-electron chi connectivity index (χ1n) is 5.59. The Bertz CT molecular complexity index is 168. The lowest BCUT2D eigenvalue weighted by Crippen LogP contribution is -2.30. The maximum absolute atomic E-state index is 9.62. The minimum absolute atomic E-state index is 0. The number of likely N-dealkylation sites (tertiary alicyclic amines) is 1. The third-order valence-corrected chi connectivity index (χ3v) is 3.17. The fraction of sp³-hybridized carbons (Fsp3) is 1.00. The van der Waals surface area contributed by atoms with Crippen LogP contribution in [0.25, 0.3) is 0 Å². The van der Waals surface area contributed by atoms with E-state index in [1.54, 1.807) is 0 Å². The van der Waals surface area contributed by atoms with Crippen molar-refractivity contribution in [1.29, 1.82) is 0 Å². The van der Waals surface area contributed by atoms with E-state index < -0.39 is 6.93 Å². The summed E-state index contributed by atoms with van der Waals surface area (Å²) < 4.78 is 24.5. The van der Waals surface area contributed by atoms with Gasteiger partial charge in [0, 0.05) is 19.1 Å². The molecule has 2 fully saturated rings. The predicted molar refractivity (Wildman–Crippen MR) is 63.0 cm³/mol. The number of nitrogens with zero attached hydrogens (tertiary/aromatic N) is 1. The predicted octanol–water partition coefficient (Wildman–Crippen LogP) is 3.03. The highest BCUT2D eigenvalue weighted by atomic mass is 19.3. The standard InChI is InChI=1S/C10H19NO.CH2F2.CH4/c1-12-9-10(4-5-10)8-11-6-2-3-7-11;2-1-3;/h2-9H2,1H3;1H2;1H4. The lowest BCUT2D eigenvalue weighted by atomic mass is 10.1. The molecule has 2 aliphatic rings. The van der Waals surface area contributed by atoms with Crippen molar-refractivity contribution in [2.45, 2.75) is 33.1 Å². The van der Waals surface area contributed by atoms with Crippen LogP contribution in [0.1, 0.15) is 33.1 Å². The fourth-order valence-electron chi connectivity index (χ4n) is 2.25. The molecular formula is C12H25F2NO. The molecule has 98 valence electrons. The lowest BCUT2D eigenvalue weighted by Gasteiger charge is -2.21. The smallest absolute Gasteiger partial charge is 0.229 e. The second kappa shape index (κ2) is 7.96. The average molecular weight is 237 g/mol. The summed E-state index contributed by atoms with van der Waals surface area (Å²) in [5, 5.41) is 0. The van der Waals surface area contributed by atoms with Crippen molar-refractivity contribution in [3.63, 3.8) is 0 Å². The van der Waals surface area contributed by atoms with Crippen molar-refractivity contribution in [2.75, 3.05) is 40.3 Å². The monoisotopic (exact) mass is 237 g/mol. The molecule has 1 saturated heterocycles. The highest BCUT2D eigenvalue weighted by Crippen LogP contribution is 2.46. The molecule has 16 heavy (non-hydrogen) atoms. The van der Waals surface area contributed by atoms with Gasteiger partial charge in [0.15, 0.2) is 0 Å². The second-order valence-corrected chi connectivity index (χ2v) is 4.52. The van der Waals surface area contributed by atoms with Gasteiger partial charge in [-0.3, -0.25) is 0 Å². The van der Waals surface area contributed by atoms with Crippen LogP contribution < -0.4 is 0 Å². The molecule has 2 rings (SSSR count). The van der Waals surface area contributed by atoms with E-state index in [4.69, 9.17) is 4.74 Å². The van der Waals surface area contributed by atoms with Gasteiger partial charge in [-0.25, -0.2) is 8.78 Å². The van der Waals surface area contributed by atoms with E-state index in [-0.39, 0.29) is 7.43 Å². The summed E-state index contributed by atoms with van der Waals surface area (Å²) in [6, 6.07) is 0. The van der Waals surface area contributed by atoms with Crippen molar-refractivity contribution in [3.8, 4) is 0 Å². The van der Waals surface area contributed by atoms with E-state index in [1.807, 2.05) is 7.11 Å². The van der Waals surface area contributed by atoms with Crippen LogP contribution in [-0.4, -0.2) is 45.2 Å². The molecule has 0 bridgehead atoms. The maximum atomic E-state index is 9.62. The van der Waals surface area contributed by atoms with Crippen LogP contribution in [0.15, 0.2) is 0 Å². The molecule has 0 radical (unpaired) electrons. The molecule has 4 heteroatoms. The molecule has 0 aromatic rings. The Hall–Kier alpha value is -0.220. The van der Waals surface area contributed by atoms with Gasteiger partial charge in [0.1, 0.15) is 0 Å². The summed E-state index contributed by atoms with van der Waals surface area (Å²) in [5.41, 5.74) is 0.569. The molecule has 0 amide bonds. The van der Waals surface area contributed by atoms with Crippen LogP contribution in [0.4, 0.5) is 8.78 Å². The molecular weight excluding hydrogens is 212 g/mol. The topological polar surface area (TPSA) is 12.5 Å². The molecule has 0 spiro atoms. The number of methoxy groups -OCH3 is 1. The third kappa shape index (κ3) is 5.21. The Morgan fingerprint density at radius 1 is 1.19 bits per heavy atom. The molecule has 1 aliphatic carbocycles. The van der Waals surface area contributed by atoms with Gasteiger partial charge < -0.3 is 9.64 Å². The van der Waals surface area contributed by atoms with Crippen LogP contribution in [0.3, 0.4) is 0 Å². The number of ether oxygens (including phenoxy) is 1. The first kappa shape index (κ1) is 15.8. The summed E-state index contributed by atoms with van der Waals surface area (Å²) in [5.74, 6) is 0. The normalized spacial score (nSPS) is 21.9. The Morgan fingerprint density at radius 2 is 1.69 bits per heavy atom. The average Bonchev–Trinajstić information content (AvgIpc) is 2.77. The molecule has 0 unspecified atom stereocenters. The van der Waals surface area contributed by atoms with Gasteiger partial charge in [-0.1, -0.05) is 7.43 Å². The Morgan fingerprint density at radius 3 is 2.06 bits per heavy atom. The van der Waals surface area contributed by atoms with E-state index in [0.717, 1.165) is 6.61 Å². The van der Waals surface area contributed by atoms with E-state index in [2.05, 4.69) is 4.90 Å². The van der Waals surface area contributed by atoms with Crippen LogP contribution in [0.5, 0.6) is 0 Å². The molecule has 0 atom stereocenters. The van der Waals surface area contributed by atoms with E-state index >= 15 is 0 Å². The Kier molecular flexibility index (Phi) is 7.85. The van der Waals surface area contributed by atoms with Crippen molar-refractivity contribution >= 4 is 0 Å². The summed E-state index contributed by atoms with van der Waals surface area (Å²) in [4.78, 5) is 2.60. The van der Waals surface area contributed by atoms with Crippen LogP contribution >= 0.6 is 0 Å². The van der Waals surface area contributed by atoms with E-state index in [9.17, 15) is 8.78 Å². The highest BCUT2D eigenvalue weighted by Gasteiger charge is 2.44. The number of hydrogen-bond donors (Lipinski definition) is 0. The first-order chi connectivity index (χ1) is 7.26. The Balaban J connectivity index is 0.000000511. The lowest BCUT2D eigenvalue weighted by molar-refractivity contribution is 0.116. The van der Waals surface area contributed by atoms with Gasteiger partial charge in [-0.05, 0) is 38.8 Å². The summed E-state index contributed by atoms with van der Waals surface area (Å²) in [6.07, 6.45) is 5.58. The SMILES string of the molecule is C.COCC1(CN2CCCC2)CC1.FCF. The first-order valence-corrected chi connectivity index (χ1v) is 5.59. The molecule has 0 aromatic heterocycles. The summed E-state index contributed by atoms with van der Waals surface area (Å²) in [6.45, 7) is 3.17. The van der Waals surface area contributed by atoms with Crippen molar-refractivity contribution in [1.82, 2.24) is 4.90 Å². The van der Waals surface area contributed by atoms with Gasteiger partial charge in [-0.2, -0.15) is 0 Å². The zero-order valence-corrected chi connectivity index (χ0v) is 9.48. The van der Waals surface area contributed by atoms with Crippen molar-refractivity contribution in [3.05, 3.63) is 0 Å². The van der Waals surface area contributed by atoms with Gasteiger partial charge in [-0.15, -0.1) is 0 Å². The van der Waals surface area contributed by atoms with Gasteiger partial charge in [0.2, 0.25) is 6.93 Å². The van der Waals surface area contributed by atoms with Crippen LogP contribution in [0.2, 0.25) is 0 Å². The van der Waals surface area contributed by atoms with Crippen molar-refractivity contribution < 1.29 is 13.5 Å². The minimum atomic E-state index is -1.75. The molecule has 0 aromatic carbocycles. The zero-order chi connectivity index (χ0) is 11.1. The molecule has 1 heterocycles. The number of hydrogen-bond acceptors (Lipinski definition) is 2. The summed E-state index contributed by atoms with van der Waals surface area (Å²) >= 11 is 0. The molecule has 2 nitrogen and oxygen atoms in total. The zero-order valence-electron chi connectivity index (χ0n) is 9.48. The van der Waals surface area contributed by atoms with Crippen molar-refractivity contribution in [2.24, 2.45) is 5.41 Å². The van der Waals surface area contributed by atoms with Gasteiger partial charge >= 0.3 is 0 Å². The molecule has 1 saturated carbocycles. The fourth-order valence-corrected chi connectivity index (χ4v) is 2.25.